The van der Waals surface area contributed by atoms with E-state index in [-0.39, 0.29) is 17.2 Å². The third-order valence-electron chi connectivity index (χ3n) is 6.02. The molecule has 1 aliphatic rings. The number of anilines is 1. The standard InChI is InChI=1S/C27H27N3O3S2/c1-2-33-21-14-8-7-13-20(21)28-23(31)17-34-27-29-25-24(19-12-6-9-15-22(19)35-25)26(32)30(27)16-18-10-4-3-5-11-18/h3-5,7-8,10-11,13-14H,2,6,9,12,15-17H2,1H3,(H,28,31). The Balaban J connectivity index is 1.45. The van der Waals surface area contributed by atoms with Crippen molar-refractivity contribution in [1.82, 2.24) is 9.55 Å². The molecule has 8 heteroatoms. The molecule has 4 aromatic rings. The zero-order valence-corrected chi connectivity index (χ0v) is 21.2. The summed E-state index contributed by atoms with van der Waals surface area (Å²) >= 11 is 2.93. The molecular formula is C27H27N3O3S2. The number of rotatable bonds is 8. The largest absolute Gasteiger partial charge is 0.492 e. The van der Waals surface area contributed by atoms with Gasteiger partial charge in [0.25, 0.3) is 5.56 Å². The van der Waals surface area contributed by atoms with Crippen LogP contribution in [0.2, 0.25) is 0 Å². The molecule has 35 heavy (non-hydrogen) atoms. The van der Waals surface area contributed by atoms with Gasteiger partial charge in [-0.2, -0.15) is 0 Å². The summed E-state index contributed by atoms with van der Waals surface area (Å²) in [6.45, 7) is 2.84. The van der Waals surface area contributed by atoms with E-state index in [1.165, 1.54) is 22.2 Å². The van der Waals surface area contributed by atoms with Crippen molar-refractivity contribution in [2.75, 3.05) is 17.7 Å². The molecular weight excluding hydrogens is 478 g/mol. The van der Waals surface area contributed by atoms with E-state index in [4.69, 9.17) is 9.72 Å². The summed E-state index contributed by atoms with van der Waals surface area (Å²) in [5.41, 5.74) is 2.83. The predicted molar refractivity (Wildman–Crippen MR) is 143 cm³/mol. The second kappa shape index (κ2) is 10.7. The van der Waals surface area contributed by atoms with Crippen LogP contribution in [0.3, 0.4) is 0 Å². The quantitative estimate of drug-likeness (QED) is 0.252. The van der Waals surface area contributed by atoms with Gasteiger partial charge in [0, 0.05) is 4.88 Å². The highest BCUT2D eigenvalue weighted by molar-refractivity contribution is 7.99. The minimum Gasteiger partial charge on any atom is -0.492 e. The second-order valence-corrected chi connectivity index (χ2v) is 10.5. The molecule has 0 saturated carbocycles. The number of ether oxygens (including phenoxy) is 1. The van der Waals surface area contributed by atoms with Crippen LogP contribution in [0.25, 0.3) is 10.2 Å². The Morgan fingerprint density at radius 3 is 2.71 bits per heavy atom. The van der Waals surface area contributed by atoms with Crippen molar-refractivity contribution in [2.24, 2.45) is 0 Å². The number of amides is 1. The molecule has 0 saturated heterocycles. The fourth-order valence-corrected chi connectivity index (χ4v) is 6.50. The first-order chi connectivity index (χ1) is 17.1. The maximum Gasteiger partial charge on any atom is 0.263 e. The van der Waals surface area contributed by atoms with Gasteiger partial charge in [0.05, 0.1) is 30.0 Å². The zero-order valence-electron chi connectivity index (χ0n) is 19.6. The number of thiophene rings is 1. The molecule has 5 rings (SSSR count). The molecule has 0 fully saturated rings. The van der Waals surface area contributed by atoms with Crippen molar-refractivity contribution in [2.45, 2.75) is 44.3 Å². The fraction of sp³-hybridized carbons (Fsp3) is 0.296. The molecule has 1 N–H and O–H groups in total. The fourth-order valence-electron chi connectivity index (χ4n) is 4.40. The maximum absolute atomic E-state index is 13.7. The smallest absolute Gasteiger partial charge is 0.263 e. The van der Waals surface area contributed by atoms with Crippen molar-refractivity contribution in [3.63, 3.8) is 0 Å². The minimum absolute atomic E-state index is 0.0112. The molecule has 0 spiro atoms. The molecule has 0 unspecified atom stereocenters. The summed E-state index contributed by atoms with van der Waals surface area (Å²) in [6, 6.07) is 17.3. The van der Waals surface area contributed by atoms with Crippen LogP contribution < -0.4 is 15.6 Å². The van der Waals surface area contributed by atoms with Gasteiger partial charge in [-0.05, 0) is 55.9 Å². The lowest BCUT2D eigenvalue weighted by molar-refractivity contribution is -0.113. The van der Waals surface area contributed by atoms with Gasteiger partial charge in [-0.15, -0.1) is 11.3 Å². The van der Waals surface area contributed by atoms with Gasteiger partial charge in [0.2, 0.25) is 5.91 Å². The van der Waals surface area contributed by atoms with Crippen LogP contribution in [0.15, 0.2) is 64.5 Å². The first-order valence-electron chi connectivity index (χ1n) is 11.9. The maximum atomic E-state index is 13.7. The number of nitrogens with one attached hydrogen (secondary N) is 1. The van der Waals surface area contributed by atoms with Crippen LogP contribution >= 0.6 is 23.1 Å². The first kappa shape index (κ1) is 23.6. The number of hydrogen-bond donors (Lipinski definition) is 1. The highest BCUT2D eigenvalue weighted by Gasteiger charge is 2.23. The monoisotopic (exact) mass is 505 g/mol. The number of aryl methyl sites for hydroxylation is 2. The van der Waals surface area contributed by atoms with Gasteiger partial charge in [-0.1, -0.05) is 54.2 Å². The van der Waals surface area contributed by atoms with E-state index in [1.807, 2.05) is 61.5 Å². The molecule has 180 valence electrons. The summed E-state index contributed by atoms with van der Waals surface area (Å²) in [6.07, 6.45) is 4.21. The Bertz CT molecular complexity index is 1410. The van der Waals surface area contributed by atoms with Crippen LogP contribution in [0.5, 0.6) is 5.75 Å². The number of benzene rings is 2. The first-order valence-corrected chi connectivity index (χ1v) is 13.7. The highest BCUT2D eigenvalue weighted by atomic mass is 32.2. The van der Waals surface area contributed by atoms with Gasteiger partial charge >= 0.3 is 0 Å². The summed E-state index contributed by atoms with van der Waals surface area (Å²) in [7, 11) is 0. The van der Waals surface area contributed by atoms with Gasteiger partial charge in [-0.3, -0.25) is 14.2 Å². The summed E-state index contributed by atoms with van der Waals surface area (Å²) < 4.78 is 7.34. The van der Waals surface area contributed by atoms with Crippen LogP contribution in [-0.2, 0) is 24.2 Å². The molecule has 2 aromatic heterocycles. The van der Waals surface area contributed by atoms with Gasteiger partial charge in [0.15, 0.2) is 5.16 Å². The Morgan fingerprint density at radius 1 is 1.11 bits per heavy atom. The summed E-state index contributed by atoms with van der Waals surface area (Å²) in [4.78, 5) is 33.5. The van der Waals surface area contributed by atoms with Crippen molar-refractivity contribution in [3.05, 3.63) is 81.0 Å². The van der Waals surface area contributed by atoms with Crippen molar-refractivity contribution in [1.29, 1.82) is 0 Å². The number of aromatic nitrogens is 2. The van der Waals surface area contributed by atoms with E-state index < -0.39 is 0 Å². The van der Waals surface area contributed by atoms with Crippen LogP contribution in [-0.4, -0.2) is 27.8 Å². The Morgan fingerprint density at radius 2 is 1.89 bits per heavy atom. The van der Waals surface area contributed by atoms with Crippen molar-refractivity contribution in [3.8, 4) is 5.75 Å². The number of hydrogen-bond acceptors (Lipinski definition) is 6. The van der Waals surface area contributed by atoms with E-state index in [0.717, 1.165) is 41.5 Å². The number of carbonyl (C=O) groups is 1. The topological polar surface area (TPSA) is 73.2 Å². The average Bonchev–Trinajstić information content (AvgIpc) is 3.25. The van der Waals surface area contributed by atoms with Crippen molar-refractivity contribution < 1.29 is 9.53 Å². The van der Waals surface area contributed by atoms with E-state index in [1.54, 1.807) is 15.9 Å². The Labute approximate surface area is 212 Å². The van der Waals surface area contributed by atoms with Crippen molar-refractivity contribution >= 4 is 44.9 Å². The molecule has 0 bridgehead atoms. The molecule has 2 aromatic carbocycles. The van der Waals surface area contributed by atoms with E-state index >= 15 is 0 Å². The summed E-state index contributed by atoms with van der Waals surface area (Å²) in [5.74, 6) is 0.601. The normalized spacial score (nSPS) is 12.9. The average molecular weight is 506 g/mol. The molecule has 0 atom stereocenters. The van der Waals surface area contributed by atoms with E-state index in [2.05, 4.69) is 5.32 Å². The van der Waals surface area contributed by atoms with E-state index in [9.17, 15) is 9.59 Å². The molecule has 1 amide bonds. The lowest BCUT2D eigenvalue weighted by Gasteiger charge is -2.14. The van der Waals surface area contributed by atoms with Crippen LogP contribution in [0, 0.1) is 0 Å². The molecule has 2 heterocycles. The third kappa shape index (κ3) is 5.13. The number of fused-ring (bicyclic) bond motifs is 3. The number of thioether (sulfide) groups is 1. The summed E-state index contributed by atoms with van der Waals surface area (Å²) in [5, 5.41) is 4.26. The minimum atomic E-state index is -0.173. The Hall–Kier alpha value is -3.10. The SMILES string of the molecule is CCOc1ccccc1NC(=O)CSc1nc2sc3c(c2c(=O)n1Cc1ccccc1)CCCC3. The zero-order chi connectivity index (χ0) is 24.2. The van der Waals surface area contributed by atoms with E-state index in [0.29, 0.717) is 29.7 Å². The molecule has 6 nitrogen and oxygen atoms in total. The van der Waals surface area contributed by atoms with Gasteiger partial charge in [0.1, 0.15) is 10.6 Å². The molecule has 0 radical (unpaired) electrons. The third-order valence-corrected chi connectivity index (χ3v) is 8.18. The predicted octanol–water partition coefficient (Wildman–Crippen LogP) is 5.51. The van der Waals surface area contributed by atoms with Gasteiger partial charge < -0.3 is 10.1 Å². The highest BCUT2D eigenvalue weighted by Crippen LogP contribution is 2.35. The lowest BCUT2D eigenvalue weighted by Crippen LogP contribution is -2.25. The number of para-hydroxylation sites is 2. The number of nitrogens with zero attached hydrogens (tertiary/aromatic N) is 2. The Kier molecular flexibility index (Phi) is 7.20. The van der Waals surface area contributed by atoms with Crippen LogP contribution in [0.1, 0.15) is 35.8 Å². The number of carbonyl (C=O) groups excluding carboxylic acids is 1. The second-order valence-electron chi connectivity index (χ2n) is 8.43. The molecule has 0 aliphatic heterocycles. The molecule has 1 aliphatic carbocycles. The van der Waals surface area contributed by atoms with Gasteiger partial charge in [-0.25, -0.2) is 4.98 Å². The van der Waals surface area contributed by atoms with Crippen LogP contribution in [0.4, 0.5) is 5.69 Å². The lowest BCUT2D eigenvalue weighted by atomic mass is 9.97.